The number of carbonyl (C=O) groups is 1. The molecule has 0 heterocycles. The predicted octanol–water partition coefficient (Wildman–Crippen LogP) is 3.34. The number of rotatable bonds is 5. The lowest BCUT2D eigenvalue weighted by Crippen LogP contribution is -2.04. The van der Waals surface area contributed by atoms with Gasteiger partial charge in [-0.1, -0.05) is 26.0 Å². The first-order valence-electron chi connectivity index (χ1n) is 5.04. The summed E-state index contributed by atoms with van der Waals surface area (Å²) < 4.78 is 5.15. The second-order valence-corrected chi connectivity index (χ2v) is 3.94. The third-order valence-electron chi connectivity index (χ3n) is 2.41. The molecule has 1 rings (SSSR count). The number of carbonyl (C=O) groups excluding carboxylic acids is 1. The van der Waals surface area contributed by atoms with Gasteiger partial charge in [-0.15, -0.1) is 0 Å². The second-order valence-electron chi connectivity index (χ2n) is 3.52. The molecule has 1 atom stereocenters. The van der Waals surface area contributed by atoms with Crippen LogP contribution in [-0.2, 0) is 4.79 Å². The smallest absolute Gasteiger partial charge is 0.259 e. The fourth-order valence-electron chi connectivity index (χ4n) is 1.27. The Morgan fingerprint density at radius 1 is 1.40 bits per heavy atom. The van der Waals surface area contributed by atoms with Crippen molar-refractivity contribution in [2.45, 2.75) is 26.2 Å². The number of ether oxygens (including phenoxy) is 1. The second kappa shape index (κ2) is 5.76. The quantitative estimate of drug-likeness (QED) is 0.720. The summed E-state index contributed by atoms with van der Waals surface area (Å²) in [6, 6.07) is 7.76. The largest absolute Gasteiger partial charge is 0.484 e. The number of benzene rings is 1. The van der Waals surface area contributed by atoms with Crippen LogP contribution in [0, 0.1) is 0 Å². The summed E-state index contributed by atoms with van der Waals surface area (Å²) in [6.45, 7) is 4.25. The van der Waals surface area contributed by atoms with Crippen LogP contribution in [0.2, 0.25) is 0 Å². The van der Waals surface area contributed by atoms with Gasteiger partial charge in [-0.3, -0.25) is 4.79 Å². The molecule has 0 spiro atoms. The van der Waals surface area contributed by atoms with Crippen LogP contribution in [0.15, 0.2) is 24.3 Å². The third kappa shape index (κ3) is 3.92. The fraction of sp³-hybridized carbons (Fsp3) is 0.417. The lowest BCUT2D eigenvalue weighted by molar-refractivity contribution is -0.113. The molecule has 2 nitrogen and oxygen atoms in total. The molecule has 0 amide bonds. The van der Waals surface area contributed by atoms with Crippen LogP contribution in [0.1, 0.15) is 31.7 Å². The molecule has 0 N–H and O–H groups in total. The van der Waals surface area contributed by atoms with Crippen molar-refractivity contribution in [3.8, 4) is 5.75 Å². The maximum absolute atomic E-state index is 10.5. The summed E-state index contributed by atoms with van der Waals surface area (Å²) in [7, 11) is 0. The van der Waals surface area contributed by atoms with Gasteiger partial charge in [0.15, 0.2) is 6.61 Å². The Bertz CT molecular complexity index is 319. The van der Waals surface area contributed by atoms with Crippen molar-refractivity contribution in [2.24, 2.45) is 0 Å². The number of halogens is 1. The van der Waals surface area contributed by atoms with Crippen molar-refractivity contribution in [1.82, 2.24) is 0 Å². The van der Waals surface area contributed by atoms with Crippen LogP contribution < -0.4 is 4.74 Å². The van der Waals surface area contributed by atoms with E-state index in [9.17, 15) is 4.79 Å². The van der Waals surface area contributed by atoms with Gasteiger partial charge in [0.05, 0.1) is 0 Å². The maximum Gasteiger partial charge on any atom is 0.259 e. The number of hydrogen-bond acceptors (Lipinski definition) is 2. The molecule has 0 fully saturated rings. The highest BCUT2D eigenvalue weighted by Crippen LogP contribution is 2.21. The molecule has 0 aliphatic heterocycles. The van der Waals surface area contributed by atoms with E-state index in [0.29, 0.717) is 11.7 Å². The van der Waals surface area contributed by atoms with Crippen molar-refractivity contribution in [3.05, 3.63) is 29.8 Å². The average molecular weight is 227 g/mol. The van der Waals surface area contributed by atoms with E-state index in [1.165, 1.54) is 5.56 Å². The molecular weight excluding hydrogens is 212 g/mol. The van der Waals surface area contributed by atoms with Gasteiger partial charge >= 0.3 is 0 Å². The standard InChI is InChI=1S/C12H15ClO2/c1-3-9(2)10-4-6-11(7-5-10)15-8-12(13)14/h4-7,9H,3,8H2,1-2H3/t9-/m1/s1. The van der Waals surface area contributed by atoms with Gasteiger partial charge in [-0.25, -0.2) is 0 Å². The summed E-state index contributed by atoms with van der Waals surface area (Å²) in [4.78, 5) is 10.5. The minimum Gasteiger partial charge on any atom is -0.484 e. The molecular formula is C12H15ClO2. The molecule has 0 unspecified atom stereocenters. The molecule has 3 heteroatoms. The molecule has 0 saturated heterocycles. The molecule has 1 aromatic carbocycles. The summed E-state index contributed by atoms with van der Waals surface area (Å²) in [5.41, 5.74) is 1.28. The normalized spacial score (nSPS) is 12.2. The molecule has 0 aromatic heterocycles. The first-order chi connectivity index (χ1) is 7.13. The molecule has 0 saturated carbocycles. The van der Waals surface area contributed by atoms with E-state index in [0.717, 1.165) is 6.42 Å². The average Bonchev–Trinajstić information content (AvgIpc) is 2.26. The monoisotopic (exact) mass is 226 g/mol. The molecule has 0 radical (unpaired) electrons. The van der Waals surface area contributed by atoms with Crippen LogP contribution in [0.3, 0.4) is 0 Å². The fourth-order valence-corrected chi connectivity index (χ4v) is 1.32. The summed E-state index contributed by atoms with van der Waals surface area (Å²) in [5, 5.41) is -0.485. The molecule has 0 bridgehead atoms. The van der Waals surface area contributed by atoms with E-state index in [1.54, 1.807) is 0 Å². The third-order valence-corrected chi connectivity index (χ3v) is 2.52. The minimum absolute atomic E-state index is 0.0791. The zero-order chi connectivity index (χ0) is 11.3. The Morgan fingerprint density at radius 3 is 2.47 bits per heavy atom. The highest BCUT2D eigenvalue weighted by atomic mass is 35.5. The SMILES string of the molecule is CC[C@@H](C)c1ccc(OCC(=O)Cl)cc1. The lowest BCUT2D eigenvalue weighted by atomic mass is 9.99. The number of hydrogen-bond donors (Lipinski definition) is 0. The zero-order valence-electron chi connectivity index (χ0n) is 9.00. The Morgan fingerprint density at radius 2 is 2.00 bits per heavy atom. The Kier molecular flexibility index (Phi) is 4.63. The van der Waals surface area contributed by atoms with Gasteiger partial charge in [0.25, 0.3) is 5.24 Å². The lowest BCUT2D eigenvalue weighted by Gasteiger charge is -2.09. The molecule has 0 aliphatic rings. The Hall–Kier alpha value is -1.02. The van der Waals surface area contributed by atoms with Crippen molar-refractivity contribution in [1.29, 1.82) is 0 Å². The first kappa shape index (κ1) is 12.1. The Labute approximate surface area is 95.2 Å². The van der Waals surface area contributed by atoms with Crippen molar-refractivity contribution >= 4 is 16.8 Å². The molecule has 0 aliphatic carbocycles. The summed E-state index contributed by atoms with van der Waals surface area (Å²) >= 11 is 5.17. The van der Waals surface area contributed by atoms with E-state index in [1.807, 2.05) is 24.3 Å². The van der Waals surface area contributed by atoms with E-state index < -0.39 is 5.24 Å². The van der Waals surface area contributed by atoms with Crippen molar-refractivity contribution in [2.75, 3.05) is 6.61 Å². The first-order valence-corrected chi connectivity index (χ1v) is 5.42. The summed E-state index contributed by atoms with van der Waals surface area (Å²) in [5.74, 6) is 1.23. The topological polar surface area (TPSA) is 26.3 Å². The van der Waals surface area contributed by atoms with E-state index in [4.69, 9.17) is 16.3 Å². The van der Waals surface area contributed by atoms with Crippen LogP contribution in [0.5, 0.6) is 5.75 Å². The van der Waals surface area contributed by atoms with Crippen LogP contribution in [0.25, 0.3) is 0 Å². The van der Waals surface area contributed by atoms with Crippen LogP contribution in [-0.4, -0.2) is 11.8 Å². The van der Waals surface area contributed by atoms with Gasteiger partial charge in [-0.05, 0) is 41.6 Å². The van der Waals surface area contributed by atoms with Crippen molar-refractivity contribution < 1.29 is 9.53 Å². The van der Waals surface area contributed by atoms with Crippen LogP contribution in [0.4, 0.5) is 0 Å². The van der Waals surface area contributed by atoms with Crippen molar-refractivity contribution in [3.63, 3.8) is 0 Å². The van der Waals surface area contributed by atoms with E-state index in [-0.39, 0.29) is 6.61 Å². The predicted molar refractivity (Wildman–Crippen MR) is 61.5 cm³/mol. The van der Waals surface area contributed by atoms with Gasteiger partial charge in [-0.2, -0.15) is 0 Å². The van der Waals surface area contributed by atoms with E-state index in [2.05, 4.69) is 13.8 Å². The molecule has 15 heavy (non-hydrogen) atoms. The van der Waals surface area contributed by atoms with Gasteiger partial charge in [0.1, 0.15) is 5.75 Å². The Balaban J connectivity index is 2.60. The minimum atomic E-state index is -0.485. The molecule has 82 valence electrons. The molecule has 1 aromatic rings. The van der Waals surface area contributed by atoms with Gasteiger partial charge in [0, 0.05) is 0 Å². The van der Waals surface area contributed by atoms with Gasteiger partial charge < -0.3 is 4.74 Å². The summed E-state index contributed by atoms with van der Waals surface area (Å²) in [6.07, 6.45) is 1.11. The highest BCUT2D eigenvalue weighted by Gasteiger charge is 2.03. The highest BCUT2D eigenvalue weighted by molar-refractivity contribution is 6.63. The van der Waals surface area contributed by atoms with Gasteiger partial charge in [0.2, 0.25) is 0 Å². The maximum atomic E-state index is 10.5. The van der Waals surface area contributed by atoms with Crippen LogP contribution >= 0.6 is 11.6 Å². The van der Waals surface area contributed by atoms with E-state index >= 15 is 0 Å². The zero-order valence-corrected chi connectivity index (χ0v) is 9.75.